The van der Waals surface area contributed by atoms with Crippen LogP contribution in [0.1, 0.15) is 52.4 Å². The van der Waals surface area contributed by atoms with Crippen molar-refractivity contribution in [2.75, 3.05) is 0 Å². The van der Waals surface area contributed by atoms with Crippen molar-refractivity contribution in [3.05, 3.63) is 23.3 Å². The first-order valence-corrected chi connectivity index (χ1v) is 6.07. The van der Waals surface area contributed by atoms with Gasteiger partial charge in [0.1, 0.15) is 0 Å². The molecular weight excluding hydrogens is 168 g/mol. The summed E-state index contributed by atoms with van der Waals surface area (Å²) in [6, 6.07) is 0. The van der Waals surface area contributed by atoms with E-state index in [2.05, 4.69) is 26.0 Å². The second-order valence-corrected chi connectivity index (χ2v) is 5.17. The van der Waals surface area contributed by atoms with Crippen LogP contribution in [0.5, 0.6) is 0 Å². The summed E-state index contributed by atoms with van der Waals surface area (Å²) in [6.07, 6.45) is 13.2. The maximum absolute atomic E-state index is 2.47. The first-order chi connectivity index (χ1) is 6.75. The van der Waals surface area contributed by atoms with Crippen molar-refractivity contribution in [1.29, 1.82) is 0 Å². The highest BCUT2D eigenvalue weighted by molar-refractivity contribution is 5.07. The molecule has 0 spiro atoms. The number of hydrogen-bond acceptors (Lipinski definition) is 0. The molecule has 0 aromatic rings. The molecular formula is C14H22. The molecule has 0 nitrogen and oxygen atoms in total. The van der Waals surface area contributed by atoms with Gasteiger partial charge < -0.3 is 0 Å². The Kier molecular flexibility index (Phi) is 3.10. The monoisotopic (exact) mass is 190 g/mol. The molecule has 0 fully saturated rings. The van der Waals surface area contributed by atoms with Crippen LogP contribution >= 0.6 is 0 Å². The topological polar surface area (TPSA) is 0 Å². The smallest absolute Gasteiger partial charge is 0.0317 e. The van der Waals surface area contributed by atoms with Gasteiger partial charge in [0.15, 0.2) is 0 Å². The molecule has 14 heavy (non-hydrogen) atoms. The maximum atomic E-state index is 2.47. The third kappa shape index (κ3) is 2.29. The van der Waals surface area contributed by atoms with Gasteiger partial charge in [0.2, 0.25) is 0 Å². The molecule has 0 heteroatoms. The SMILES string of the molecule is CC1=CCC(C2CC=C(C)CC2)CC1. The molecule has 2 atom stereocenters. The molecule has 0 heterocycles. The standard InChI is InChI=1S/C14H22/c1-11-3-7-13(8-4-11)14-9-5-12(2)6-10-14/h3,5,13-14H,4,6-10H2,1-2H3. The van der Waals surface area contributed by atoms with Gasteiger partial charge in [-0.05, 0) is 64.2 Å². The molecule has 0 aromatic carbocycles. The van der Waals surface area contributed by atoms with Crippen molar-refractivity contribution in [3.8, 4) is 0 Å². The summed E-state index contributed by atoms with van der Waals surface area (Å²) in [7, 11) is 0. The summed E-state index contributed by atoms with van der Waals surface area (Å²) >= 11 is 0. The third-order valence-electron chi connectivity index (χ3n) is 4.02. The van der Waals surface area contributed by atoms with Crippen molar-refractivity contribution < 1.29 is 0 Å². The van der Waals surface area contributed by atoms with Crippen molar-refractivity contribution in [2.45, 2.75) is 52.4 Å². The van der Waals surface area contributed by atoms with Gasteiger partial charge in [0, 0.05) is 0 Å². The quantitative estimate of drug-likeness (QED) is 0.535. The van der Waals surface area contributed by atoms with Crippen LogP contribution in [-0.2, 0) is 0 Å². The lowest BCUT2D eigenvalue weighted by atomic mass is 9.75. The molecule has 0 aliphatic heterocycles. The van der Waals surface area contributed by atoms with Crippen LogP contribution < -0.4 is 0 Å². The first-order valence-electron chi connectivity index (χ1n) is 6.07. The highest BCUT2D eigenvalue weighted by Crippen LogP contribution is 2.36. The van der Waals surface area contributed by atoms with Crippen LogP contribution in [0, 0.1) is 11.8 Å². The average Bonchev–Trinajstić information content (AvgIpc) is 2.21. The molecule has 2 aliphatic carbocycles. The zero-order chi connectivity index (χ0) is 9.97. The fourth-order valence-corrected chi connectivity index (χ4v) is 2.83. The minimum absolute atomic E-state index is 0.989. The largest absolute Gasteiger partial charge is 0.0853 e. The molecule has 2 aliphatic rings. The second-order valence-electron chi connectivity index (χ2n) is 5.17. The van der Waals surface area contributed by atoms with Crippen LogP contribution in [0.3, 0.4) is 0 Å². The van der Waals surface area contributed by atoms with Crippen molar-refractivity contribution in [1.82, 2.24) is 0 Å². The van der Waals surface area contributed by atoms with Gasteiger partial charge in [-0.2, -0.15) is 0 Å². The Morgan fingerprint density at radius 3 is 1.57 bits per heavy atom. The van der Waals surface area contributed by atoms with E-state index in [-0.39, 0.29) is 0 Å². The highest BCUT2D eigenvalue weighted by Gasteiger charge is 2.23. The highest BCUT2D eigenvalue weighted by atomic mass is 14.3. The molecule has 0 saturated carbocycles. The van der Waals surface area contributed by atoms with Gasteiger partial charge in [-0.15, -0.1) is 0 Å². The summed E-state index contributed by atoms with van der Waals surface area (Å²) in [5, 5.41) is 0. The van der Waals surface area contributed by atoms with Crippen LogP contribution in [0.15, 0.2) is 23.3 Å². The summed E-state index contributed by atoms with van der Waals surface area (Å²) in [6.45, 7) is 4.56. The van der Waals surface area contributed by atoms with Crippen LogP contribution in [0.25, 0.3) is 0 Å². The van der Waals surface area contributed by atoms with Crippen LogP contribution in [0.4, 0.5) is 0 Å². The fourth-order valence-electron chi connectivity index (χ4n) is 2.83. The van der Waals surface area contributed by atoms with Crippen molar-refractivity contribution in [3.63, 3.8) is 0 Å². The van der Waals surface area contributed by atoms with E-state index >= 15 is 0 Å². The number of allylic oxidation sites excluding steroid dienone is 4. The second kappa shape index (κ2) is 4.33. The van der Waals surface area contributed by atoms with Gasteiger partial charge in [0.05, 0.1) is 0 Å². The normalized spacial score (nSPS) is 33.6. The van der Waals surface area contributed by atoms with Gasteiger partial charge >= 0.3 is 0 Å². The van der Waals surface area contributed by atoms with Gasteiger partial charge in [-0.3, -0.25) is 0 Å². The summed E-state index contributed by atoms with van der Waals surface area (Å²) < 4.78 is 0. The maximum Gasteiger partial charge on any atom is -0.0317 e. The first kappa shape index (κ1) is 10.0. The lowest BCUT2D eigenvalue weighted by Crippen LogP contribution is -2.18. The van der Waals surface area contributed by atoms with E-state index in [1.165, 1.54) is 38.5 Å². The predicted molar refractivity (Wildman–Crippen MR) is 62.2 cm³/mol. The number of hydrogen-bond donors (Lipinski definition) is 0. The molecule has 0 aromatic heterocycles. The minimum atomic E-state index is 0.989. The molecule has 0 saturated heterocycles. The third-order valence-corrected chi connectivity index (χ3v) is 4.02. The van der Waals surface area contributed by atoms with Gasteiger partial charge in [-0.25, -0.2) is 0 Å². The molecule has 0 amide bonds. The van der Waals surface area contributed by atoms with E-state index in [0.29, 0.717) is 0 Å². The van der Waals surface area contributed by atoms with E-state index in [0.717, 1.165) is 11.8 Å². The summed E-state index contributed by atoms with van der Waals surface area (Å²) in [4.78, 5) is 0. The van der Waals surface area contributed by atoms with Crippen LogP contribution in [-0.4, -0.2) is 0 Å². The fraction of sp³-hybridized carbons (Fsp3) is 0.714. The average molecular weight is 190 g/mol. The number of rotatable bonds is 1. The Hall–Kier alpha value is -0.520. The van der Waals surface area contributed by atoms with E-state index in [4.69, 9.17) is 0 Å². The van der Waals surface area contributed by atoms with Gasteiger partial charge in [-0.1, -0.05) is 23.3 Å². The Morgan fingerprint density at radius 1 is 0.857 bits per heavy atom. The van der Waals surface area contributed by atoms with E-state index in [1.54, 1.807) is 11.1 Å². The van der Waals surface area contributed by atoms with Crippen molar-refractivity contribution >= 4 is 0 Å². The Balaban J connectivity index is 1.91. The van der Waals surface area contributed by atoms with E-state index in [9.17, 15) is 0 Å². The predicted octanol–water partition coefficient (Wildman–Crippen LogP) is 4.48. The Morgan fingerprint density at radius 2 is 1.29 bits per heavy atom. The zero-order valence-corrected chi connectivity index (χ0v) is 9.55. The molecule has 0 bridgehead atoms. The molecule has 0 radical (unpaired) electrons. The Labute approximate surface area is 88.1 Å². The minimum Gasteiger partial charge on any atom is -0.0853 e. The van der Waals surface area contributed by atoms with Crippen molar-refractivity contribution in [2.24, 2.45) is 11.8 Å². The van der Waals surface area contributed by atoms with Gasteiger partial charge in [0.25, 0.3) is 0 Å². The van der Waals surface area contributed by atoms with E-state index in [1.807, 2.05) is 0 Å². The van der Waals surface area contributed by atoms with E-state index < -0.39 is 0 Å². The lowest BCUT2D eigenvalue weighted by molar-refractivity contribution is 0.281. The molecule has 2 rings (SSSR count). The molecule has 78 valence electrons. The molecule has 2 unspecified atom stereocenters. The van der Waals surface area contributed by atoms with Crippen LogP contribution in [0.2, 0.25) is 0 Å². The lowest BCUT2D eigenvalue weighted by Gasteiger charge is -2.31. The zero-order valence-electron chi connectivity index (χ0n) is 9.55. The Bertz CT molecular complexity index is 229. The summed E-state index contributed by atoms with van der Waals surface area (Å²) in [5.74, 6) is 1.98. The summed E-state index contributed by atoms with van der Waals surface area (Å²) in [5.41, 5.74) is 3.23. The molecule has 0 N–H and O–H groups in total.